The number of thiazole rings is 1. The summed E-state index contributed by atoms with van der Waals surface area (Å²) in [6, 6.07) is 12.3. The number of primary sulfonamides is 1. The minimum atomic E-state index is -3.89. The van der Waals surface area contributed by atoms with Crippen LogP contribution in [0, 0.1) is 0 Å². The van der Waals surface area contributed by atoms with Gasteiger partial charge in [-0.3, -0.25) is 4.79 Å². The molecule has 0 saturated heterocycles. The van der Waals surface area contributed by atoms with Crippen molar-refractivity contribution in [3.05, 3.63) is 59.9 Å². The maximum Gasteiger partial charge on any atom is 0.265 e. The molecule has 0 spiro atoms. The standard InChI is InChI=1S/C29H37FN6O9S3/c1-40-45-18-23(20-46-19-21-3-2-4-24(13-21)43-12-11-42-10-9-41-8-7-30)32-28(37)16-36-15-22(34-35-36)17-44-25-5-6-26-27(14-25)47-29(33-26)48(31,38)39/h2-6,13-15,23H,7-12,16-20H2,1H3,(H,32,37)(H2,31,38,39)/t23-/m1/s1. The van der Waals surface area contributed by atoms with Gasteiger partial charge in [0.15, 0.2) is 0 Å². The summed E-state index contributed by atoms with van der Waals surface area (Å²) in [6.45, 7) is 1.20. The average molecular weight is 729 g/mol. The van der Waals surface area contributed by atoms with E-state index in [9.17, 15) is 17.6 Å². The number of amides is 1. The third-order valence-corrected chi connectivity index (χ3v) is 9.70. The van der Waals surface area contributed by atoms with Crippen LogP contribution in [0.2, 0.25) is 0 Å². The lowest BCUT2D eigenvalue weighted by atomic mass is 10.2. The number of alkyl halides is 1. The van der Waals surface area contributed by atoms with Crippen LogP contribution in [0.5, 0.6) is 11.5 Å². The molecule has 19 heteroatoms. The van der Waals surface area contributed by atoms with E-state index in [2.05, 4.69) is 20.6 Å². The number of thioether (sulfide) groups is 1. The number of fused-ring (bicyclic) bond motifs is 1. The highest BCUT2D eigenvalue weighted by molar-refractivity contribution is 7.98. The van der Waals surface area contributed by atoms with Crippen molar-refractivity contribution in [3.8, 4) is 11.5 Å². The van der Waals surface area contributed by atoms with E-state index in [0.717, 1.165) is 22.6 Å². The second-order valence-electron chi connectivity index (χ2n) is 9.99. The Kier molecular flexibility index (Phi) is 15.2. The molecule has 0 radical (unpaired) electrons. The Hall–Kier alpha value is -3.43. The van der Waals surface area contributed by atoms with E-state index in [1.807, 2.05) is 24.3 Å². The summed E-state index contributed by atoms with van der Waals surface area (Å²) >= 11 is 2.57. The minimum absolute atomic E-state index is 0.0714. The summed E-state index contributed by atoms with van der Waals surface area (Å²) < 4.78 is 59.0. The summed E-state index contributed by atoms with van der Waals surface area (Å²) in [6.07, 6.45) is 1.60. The topological polar surface area (TPSA) is 188 Å². The maximum absolute atomic E-state index is 12.8. The number of hydrogen-bond acceptors (Lipinski definition) is 14. The molecule has 262 valence electrons. The number of benzene rings is 2. The first-order valence-electron chi connectivity index (χ1n) is 14.6. The number of halogens is 1. The van der Waals surface area contributed by atoms with E-state index in [0.29, 0.717) is 59.6 Å². The first-order valence-corrected chi connectivity index (χ1v) is 18.2. The molecule has 0 aliphatic rings. The number of rotatable bonds is 23. The minimum Gasteiger partial charge on any atom is -0.491 e. The number of nitrogens with two attached hydrogens (primary N) is 1. The fourth-order valence-corrected chi connectivity index (χ4v) is 6.76. The third kappa shape index (κ3) is 12.9. The van der Waals surface area contributed by atoms with Gasteiger partial charge in [0.05, 0.1) is 56.0 Å². The van der Waals surface area contributed by atoms with Gasteiger partial charge in [0.25, 0.3) is 10.0 Å². The molecule has 2 heterocycles. The number of sulfonamides is 1. The Morgan fingerprint density at radius 1 is 1.08 bits per heavy atom. The van der Waals surface area contributed by atoms with Gasteiger partial charge in [-0.15, -0.1) is 16.4 Å². The molecule has 0 aliphatic carbocycles. The first kappa shape index (κ1) is 37.4. The fourth-order valence-electron chi connectivity index (χ4n) is 4.08. The molecule has 15 nitrogen and oxygen atoms in total. The van der Waals surface area contributed by atoms with Crippen LogP contribution in [0.15, 0.2) is 53.0 Å². The van der Waals surface area contributed by atoms with Crippen molar-refractivity contribution in [2.75, 3.05) is 59.2 Å². The highest BCUT2D eigenvalue weighted by Gasteiger charge is 2.17. The van der Waals surface area contributed by atoms with Crippen LogP contribution in [0.1, 0.15) is 11.3 Å². The van der Waals surface area contributed by atoms with Gasteiger partial charge in [-0.25, -0.2) is 37.4 Å². The zero-order chi connectivity index (χ0) is 34.2. The van der Waals surface area contributed by atoms with Gasteiger partial charge >= 0.3 is 0 Å². The van der Waals surface area contributed by atoms with E-state index >= 15 is 0 Å². The lowest BCUT2D eigenvalue weighted by Gasteiger charge is -2.17. The summed E-state index contributed by atoms with van der Waals surface area (Å²) in [7, 11) is -2.49. The Labute approximate surface area is 285 Å². The number of carbonyl (C=O) groups excluding carboxylic acids is 1. The molecule has 0 unspecified atom stereocenters. The molecule has 2 aromatic heterocycles. The molecule has 0 aliphatic heterocycles. The molecule has 4 aromatic rings. The highest BCUT2D eigenvalue weighted by Crippen LogP contribution is 2.28. The predicted octanol–water partition coefficient (Wildman–Crippen LogP) is 2.49. The molecular weight excluding hydrogens is 692 g/mol. The van der Waals surface area contributed by atoms with Gasteiger partial charge in [0.1, 0.15) is 50.2 Å². The Morgan fingerprint density at radius 2 is 1.88 bits per heavy atom. The van der Waals surface area contributed by atoms with E-state index < -0.39 is 16.7 Å². The van der Waals surface area contributed by atoms with Crippen molar-refractivity contribution in [1.29, 1.82) is 0 Å². The van der Waals surface area contributed by atoms with Crippen molar-refractivity contribution >= 4 is 49.2 Å². The lowest BCUT2D eigenvalue weighted by Crippen LogP contribution is -2.41. The summed E-state index contributed by atoms with van der Waals surface area (Å²) in [5.41, 5.74) is 2.04. The predicted molar refractivity (Wildman–Crippen MR) is 176 cm³/mol. The van der Waals surface area contributed by atoms with Crippen LogP contribution >= 0.6 is 23.1 Å². The lowest BCUT2D eigenvalue weighted by molar-refractivity contribution is -0.274. The summed E-state index contributed by atoms with van der Waals surface area (Å²) in [4.78, 5) is 26.7. The second kappa shape index (κ2) is 19.5. The number of hydrogen-bond donors (Lipinski definition) is 2. The molecule has 0 fully saturated rings. The molecule has 48 heavy (non-hydrogen) atoms. The molecule has 2 aromatic carbocycles. The average Bonchev–Trinajstić information content (AvgIpc) is 3.71. The Bertz CT molecular complexity index is 1690. The van der Waals surface area contributed by atoms with Crippen LogP contribution in [0.4, 0.5) is 4.39 Å². The number of carbonyl (C=O) groups is 1. The fraction of sp³-hybridized carbons (Fsp3) is 0.448. The molecular formula is C29H37FN6O9S3. The van der Waals surface area contributed by atoms with E-state index in [-0.39, 0.29) is 42.7 Å². The zero-order valence-electron chi connectivity index (χ0n) is 26.1. The number of nitrogens with one attached hydrogen (secondary N) is 1. The molecule has 4 rings (SSSR count). The highest BCUT2D eigenvalue weighted by atomic mass is 32.2. The van der Waals surface area contributed by atoms with Crippen molar-refractivity contribution in [2.45, 2.75) is 29.3 Å². The SMILES string of the molecule is COOC[C@H](CSCc1cccc(OCCOCCOCCF)c1)NC(=O)Cn1cc(COc2ccc3nc(S(N)(=O)=O)sc3c2)nn1. The number of nitrogens with zero attached hydrogens (tertiary/aromatic N) is 4. The molecule has 1 atom stereocenters. The van der Waals surface area contributed by atoms with Crippen LogP contribution < -0.4 is 19.9 Å². The van der Waals surface area contributed by atoms with Gasteiger partial charge in [-0.05, 0) is 35.9 Å². The first-order chi connectivity index (χ1) is 23.2. The van der Waals surface area contributed by atoms with E-state index in [1.165, 1.54) is 11.8 Å². The van der Waals surface area contributed by atoms with Crippen LogP contribution in [0.25, 0.3) is 10.2 Å². The molecule has 0 saturated carbocycles. The van der Waals surface area contributed by atoms with E-state index in [1.54, 1.807) is 36.2 Å². The largest absolute Gasteiger partial charge is 0.491 e. The number of ether oxygens (including phenoxy) is 4. The van der Waals surface area contributed by atoms with Gasteiger partial charge < -0.3 is 24.3 Å². The van der Waals surface area contributed by atoms with Crippen molar-refractivity contribution < 1.29 is 46.3 Å². The monoisotopic (exact) mass is 728 g/mol. The summed E-state index contributed by atoms with van der Waals surface area (Å²) in [5, 5.41) is 16.2. The number of aromatic nitrogens is 4. The van der Waals surface area contributed by atoms with Gasteiger partial charge in [0.2, 0.25) is 10.2 Å². The summed E-state index contributed by atoms with van der Waals surface area (Å²) in [5.74, 6) is 2.14. The molecule has 0 bridgehead atoms. The van der Waals surface area contributed by atoms with Crippen molar-refractivity contribution in [3.63, 3.8) is 0 Å². The van der Waals surface area contributed by atoms with Crippen LogP contribution in [-0.2, 0) is 53.0 Å². The third-order valence-electron chi connectivity index (χ3n) is 6.19. The van der Waals surface area contributed by atoms with Crippen molar-refractivity contribution in [1.82, 2.24) is 25.3 Å². The maximum atomic E-state index is 12.8. The van der Waals surface area contributed by atoms with Crippen molar-refractivity contribution in [2.24, 2.45) is 5.14 Å². The second-order valence-corrected chi connectivity index (χ2v) is 13.8. The Morgan fingerprint density at radius 3 is 2.67 bits per heavy atom. The smallest absolute Gasteiger partial charge is 0.265 e. The van der Waals surface area contributed by atoms with Crippen LogP contribution in [0.3, 0.4) is 0 Å². The van der Waals surface area contributed by atoms with Gasteiger partial charge in [-0.2, -0.15) is 11.8 Å². The quantitative estimate of drug-likeness (QED) is 0.0645. The normalized spacial score (nSPS) is 12.3. The zero-order valence-corrected chi connectivity index (χ0v) is 28.6. The molecule has 1 amide bonds. The van der Waals surface area contributed by atoms with Crippen LogP contribution in [-0.4, -0.2) is 99.5 Å². The van der Waals surface area contributed by atoms with Gasteiger partial charge in [0, 0.05) is 11.5 Å². The molecule has 3 N–H and O–H groups in total. The van der Waals surface area contributed by atoms with Gasteiger partial charge in [-0.1, -0.05) is 17.3 Å². The Balaban J connectivity index is 1.19. The van der Waals surface area contributed by atoms with E-state index in [4.69, 9.17) is 33.9 Å².